The highest BCUT2D eigenvalue weighted by atomic mass is 32.2. The van der Waals surface area contributed by atoms with Crippen LogP contribution in [0, 0.1) is 5.92 Å². The van der Waals surface area contributed by atoms with Crippen molar-refractivity contribution in [3.8, 4) is 0 Å². The molecule has 0 aromatic carbocycles. The Morgan fingerprint density at radius 3 is 2.56 bits per heavy atom. The van der Waals surface area contributed by atoms with E-state index in [-0.39, 0.29) is 0 Å². The van der Waals surface area contributed by atoms with E-state index in [0.717, 1.165) is 5.92 Å². The van der Waals surface area contributed by atoms with Gasteiger partial charge in [-0.25, -0.2) is 0 Å². The Labute approximate surface area is 61.7 Å². The highest BCUT2D eigenvalue weighted by Crippen LogP contribution is 2.36. The minimum atomic E-state index is 0.838. The zero-order chi connectivity index (χ0) is 6.85. The molecule has 0 saturated heterocycles. The molecule has 1 unspecified atom stereocenters. The highest BCUT2D eigenvalue weighted by molar-refractivity contribution is 8.03. The lowest BCUT2D eigenvalue weighted by atomic mass is 10.0. The molecule has 0 amide bonds. The van der Waals surface area contributed by atoms with Crippen molar-refractivity contribution in [2.75, 3.05) is 5.75 Å². The van der Waals surface area contributed by atoms with Crippen LogP contribution in [0.3, 0.4) is 0 Å². The van der Waals surface area contributed by atoms with Crippen molar-refractivity contribution in [1.29, 1.82) is 0 Å². The Hall–Kier alpha value is 0.0900. The van der Waals surface area contributed by atoms with Gasteiger partial charge in [-0.15, -0.1) is 11.8 Å². The van der Waals surface area contributed by atoms with Crippen molar-refractivity contribution < 1.29 is 0 Å². The maximum atomic E-state index is 2.31. The molecule has 0 nitrogen and oxygen atoms in total. The summed E-state index contributed by atoms with van der Waals surface area (Å²) in [6, 6.07) is 0. The average Bonchev–Trinajstić information content (AvgIpc) is 2.15. The first-order chi connectivity index (χ1) is 4.25. The number of thioether (sulfide) groups is 1. The molecule has 0 fully saturated rings. The minimum Gasteiger partial charge on any atom is -0.130 e. The van der Waals surface area contributed by atoms with E-state index in [1.165, 1.54) is 12.2 Å². The number of rotatable bonds is 1. The van der Waals surface area contributed by atoms with Crippen molar-refractivity contribution in [3.63, 3.8) is 0 Å². The largest absolute Gasteiger partial charge is 0.130 e. The summed E-state index contributed by atoms with van der Waals surface area (Å²) in [4.78, 5) is 1.63. The van der Waals surface area contributed by atoms with Gasteiger partial charge in [-0.2, -0.15) is 0 Å². The molecule has 9 heavy (non-hydrogen) atoms. The normalized spacial score (nSPS) is 27.7. The summed E-state index contributed by atoms with van der Waals surface area (Å²) in [5, 5.41) is 0. The zero-order valence-corrected chi connectivity index (χ0v) is 7.22. The van der Waals surface area contributed by atoms with E-state index in [1.807, 2.05) is 11.8 Å². The molecule has 0 radical (unpaired) electrons. The van der Waals surface area contributed by atoms with Crippen molar-refractivity contribution >= 4 is 11.8 Å². The van der Waals surface area contributed by atoms with Gasteiger partial charge in [0, 0.05) is 5.75 Å². The standard InChI is InChI=1S/C8H14S/c1-4-8-7(3)6(2)5-9-8/h6H,4-5H2,1-3H3. The molecule has 1 heteroatoms. The molecule has 1 heterocycles. The molecule has 1 atom stereocenters. The summed E-state index contributed by atoms with van der Waals surface area (Å²) in [5.74, 6) is 2.15. The lowest BCUT2D eigenvalue weighted by Crippen LogP contribution is -1.91. The molecule has 1 aliphatic heterocycles. The van der Waals surface area contributed by atoms with E-state index in [0.29, 0.717) is 0 Å². The van der Waals surface area contributed by atoms with Crippen molar-refractivity contribution in [1.82, 2.24) is 0 Å². The van der Waals surface area contributed by atoms with Gasteiger partial charge in [-0.05, 0) is 24.2 Å². The number of hydrogen-bond acceptors (Lipinski definition) is 1. The first-order valence-electron chi connectivity index (χ1n) is 3.58. The Bertz CT molecular complexity index is 136. The predicted molar refractivity (Wildman–Crippen MR) is 44.6 cm³/mol. The van der Waals surface area contributed by atoms with Crippen LogP contribution < -0.4 is 0 Å². The molecule has 0 spiro atoms. The van der Waals surface area contributed by atoms with Gasteiger partial charge in [0.1, 0.15) is 0 Å². The van der Waals surface area contributed by atoms with Gasteiger partial charge in [-0.1, -0.05) is 19.4 Å². The molecule has 1 rings (SSSR count). The monoisotopic (exact) mass is 142 g/mol. The fraction of sp³-hybridized carbons (Fsp3) is 0.750. The fourth-order valence-electron chi connectivity index (χ4n) is 1.12. The van der Waals surface area contributed by atoms with Crippen molar-refractivity contribution in [2.45, 2.75) is 27.2 Å². The van der Waals surface area contributed by atoms with Crippen LogP contribution in [-0.4, -0.2) is 5.75 Å². The molecule has 0 aliphatic carbocycles. The predicted octanol–water partition coefficient (Wildman–Crippen LogP) is 3.05. The van der Waals surface area contributed by atoms with Crippen LogP contribution in [0.1, 0.15) is 27.2 Å². The Morgan fingerprint density at radius 2 is 2.33 bits per heavy atom. The van der Waals surface area contributed by atoms with Gasteiger partial charge < -0.3 is 0 Å². The third-order valence-electron chi connectivity index (χ3n) is 2.01. The maximum absolute atomic E-state index is 2.31. The smallest absolute Gasteiger partial charge is 0.00401 e. The van der Waals surface area contributed by atoms with Crippen LogP contribution >= 0.6 is 11.8 Å². The van der Waals surface area contributed by atoms with Gasteiger partial charge in [0.05, 0.1) is 0 Å². The summed E-state index contributed by atoms with van der Waals surface area (Å²) in [6.07, 6.45) is 1.24. The zero-order valence-electron chi connectivity index (χ0n) is 6.40. The van der Waals surface area contributed by atoms with Gasteiger partial charge in [-0.3, -0.25) is 0 Å². The Morgan fingerprint density at radius 1 is 1.67 bits per heavy atom. The van der Waals surface area contributed by atoms with Crippen LogP contribution in [0.4, 0.5) is 0 Å². The SMILES string of the molecule is CCC1=C(C)C(C)CS1. The summed E-state index contributed by atoms with van der Waals surface area (Å²) < 4.78 is 0. The second-order valence-electron chi connectivity index (χ2n) is 2.67. The fourth-order valence-corrected chi connectivity index (χ4v) is 2.45. The quantitative estimate of drug-likeness (QED) is 0.542. The average molecular weight is 142 g/mol. The summed E-state index contributed by atoms with van der Waals surface area (Å²) in [5.41, 5.74) is 1.63. The highest BCUT2D eigenvalue weighted by Gasteiger charge is 2.16. The molecule has 0 N–H and O–H groups in total. The van der Waals surface area contributed by atoms with Gasteiger partial charge in [0.25, 0.3) is 0 Å². The molecule has 0 saturated carbocycles. The van der Waals surface area contributed by atoms with Crippen LogP contribution in [-0.2, 0) is 0 Å². The molecular formula is C8H14S. The van der Waals surface area contributed by atoms with Crippen molar-refractivity contribution in [3.05, 3.63) is 10.5 Å². The topological polar surface area (TPSA) is 0 Å². The number of hydrogen-bond donors (Lipinski definition) is 0. The van der Waals surface area contributed by atoms with E-state index in [1.54, 1.807) is 10.5 Å². The third kappa shape index (κ3) is 1.32. The first-order valence-corrected chi connectivity index (χ1v) is 4.56. The maximum Gasteiger partial charge on any atom is 0.00401 e. The summed E-state index contributed by atoms with van der Waals surface area (Å²) >= 11 is 2.04. The molecular weight excluding hydrogens is 128 g/mol. The van der Waals surface area contributed by atoms with Gasteiger partial charge in [0.15, 0.2) is 0 Å². The molecule has 0 bridgehead atoms. The van der Waals surface area contributed by atoms with Gasteiger partial charge in [0.2, 0.25) is 0 Å². The van der Waals surface area contributed by atoms with Crippen LogP contribution in [0.5, 0.6) is 0 Å². The lowest BCUT2D eigenvalue weighted by molar-refractivity contribution is 0.790. The first kappa shape index (κ1) is 7.20. The molecule has 1 aliphatic rings. The lowest BCUT2D eigenvalue weighted by Gasteiger charge is -1.99. The second-order valence-corrected chi connectivity index (χ2v) is 3.79. The van der Waals surface area contributed by atoms with Crippen LogP contribution in [0.15, 0.2) is 10.5 Å². The second kappa shape index (κ2) is 2.78. The van der Waals surface area contributed by atoms with E-state index >= 15 is 0 Å². The van der Waals surface area contributed by atoms with E-state index in [2.05, 4.69) is 20.8 Å². The molecule has 0 aromatic heterocycles. The molecule has 52 valence electrons. The van der Waals surface area contributed by atoms with E-state index in [9.17, 15) is 0 Å². The van der Waals surface area contributed by atoms with Gasteiger partial charge >= 0.3 is 0 Å². The van der Waals surface area contributed by atoms with E-state index in [4.69, 9.17) is 0 Å². The minimum absolute atomic E-state index is 0.838. The Balaban J connectivity index is 2.68. The summed E-state index contributed by atoms with van der Waals surface area (Å²) in [6.45, 7) is 6.82. The van der Waals surface area contributed by atoms with Crippen LogP contribution in [0.25, 0.3) is 0 Å². The summed E-state index contributed by atoms with van der Waals surface area (Å²) in [7, 11) is 0. The third-order valence-corrected chi connectivity index (χ3v) is 3.63. The Kier molecular flexibility index (Phi) is 2.23. The van der Waals surface area contributed by atoms with E-state index < -0.39 is 0 Å². The van der Waals surface area contributed by atoms with Crippen molar-refractivity contribution in [2.24, 2.45) is 5.92 Å². The number of allylic oxidation sites excluding steroid dienone is 2. The molecule has 0 aromatic rings. The van der Waals surface area contributed by atoms with Crippen LogP contribution in [0.2, 0.25) is 0 Å².